The van der Waals surface area contributed by atoms with Crippen molar-refractivity contribution in [3.05, 3.63) is 92.3 Å². The molecule has 2 N–H and O–H groups in total. The van der Waals surface area contributed by atoms with Crippen molar-refractivity contribution in [2.75, 3.05) is 11.9 Å². The van der Waals surface area contributed by atoms with Crippen LogP contribution in [0.15, 0.2) is 48.5 Å². The van der Waals surface area contributed by atoms with Gasteiger partial charge in [0.25, 0.3) is 0 Å². The van der Waals surface area contributed by atoms with Crippen LogP contribution in [-0.2, 0) is 16.8 Å². The summed E-state index contributed by atoms with van der Waals surface area (Å²) in [5, 5.41) is 19.2. The van der Waals surface area contributed by atoms with Crippen molar-refractivity contribution in [2.45, 2.75) is 49.7 Å². The normalized spacial score (nSPS) is 26.4. The van der Waals surface area contributed by atoms with Gasteiger partial charge in [0.05, 0.1) is 22.1 Å². The molecule has 10 heteroatoms. The van der Waals surface area contributed by atoms with E-state index in [0.717, 1.165) is 29.5 Å². The molecule has 208 valence electrons. The number of anilines is 1. The summed E-state index contributed by atoms with van der Waals surface area (Å²) >= 11 is 12.7. The Kier molecular flexibility index (Phi) is 5.26. The van der Waals surface area contributed by atoms with Crippen LogP contribution < -0.4 is 5.32 Å². The molecule has 0 bridgehead atoms. The average Bonchev–Trinajstić information content (AvgIpc) is 3.36. The number of nitrogens with zero attached hydrogens (tertiary/aromatic N) is 3. The number of aromatic nitrogens is 2. The van der Waals surface area contributed by atoms with Crippen LogP contribution in [0.2, 0.25) is 10.0 Å². The lowest BCUT2D eigenvalue weighted by Gasteiger charge is -2.40. The van der Waals surface area contributed by atoms with Gasteiger partial charge in [0.15, 0.2) is 0 Å². The smallest absolute Gasteiger partial charge is 0.336 e. The number of carbonyl (C=O) groups excluding carboxylic acids is 1. The number of hydrogen-bond acceptors (Lipinski definition) is 4. The summed E-state index contributed by atoms with van der Waals surface area (Å²) in [4.78, 5) is 28.6. The van der Waals surface area contributed by atoms with Crippen molar-refractivity contribution in [1.29, 1.82) is 0 Å². The molecule has 41 heavy (non-hydrogen) atoms. The van der Waals surface area contributed by atoms with E-state index in [1.54, 1.807) is 37.3 Å². The van der Waals surface area contributed by atoms with Crippen LogP contribution in [0.5, 0.6) is 0 Å². The van der Waals surface area contributed by atoms with Gasteiger partial charge in [-0.15, -0.1) is 0 Å². The first-order chi connectivity index (χ1) is 19.7. The van der Waals surface area contributed by atoms with Gasteiger partial charge >= 0.3 is 5.97 Å². The van der Waals surface area contributed by atoms with E-state index < -0.39 is 29.3 Å². The fraction of sp³-hybridized carbons (Fsp3) is 0.323. The van der Waals surface area contributed by atoms with Crippen LogP contribution in [0.25, 0.3) is 10.9 Å². The molecule has 1 aromatic heterocycles. The van der Waals surface area contributed by atoms with E-state index >= 15 is 4.39 Å². The molecule has 1 spiro atoms. The predicted octanol–water partition coefficient (Wildman–Crippen LogP) is 6.31. The van der Waals surface area contributed by atoms with Crippen LogP contribution in [0, 0.1) is 18.7 Å². The highest BCUT2D eigenvalue weighted by atomic mass is 35.5. The van der Waals surface area contributed by atoms with Gasteiger partial charge in [0, 0.05) is 52.3 Å². The summed E-state index contributed by atoms with van der Waals surface area (Å²) in [6.07, 6.45) is 2.76. The zero-order valence-corrected chi connectivity index (χ0v) is 23.5. The second-order valence-electron chi connectivity index (χ2n) is 11.7. The predicted molar refractivity (Wildman–Crippen MR) is 153 cm³/mol. The van der Waals surface area contributed by atoms with Crippen LogP contribution in [0.1, 0.15) is 57.5 Å². The molecule has 2 fully saturated rings. The molecule has 7 nitrogen and oxygen atoms in total. The lowest BCUT2D eigenvalue weighted by molar-refractivity contribution is -0.128. The fourth-order valence-corrected chi connectivity index (χ4v) is 8.13. The third kappa shape index (κ3) is 3.27. The van der Waals surface area contributed by atoms with Crippen molar-refractivity contribution >= 4 is 51.7 Å². The zero-order chi connectivity index (χ0) is 28.4. The van der Waals surface area contributed by atoms with Gasteiger partial charge in [0.2, 0.25) is 5.91 Å². The fourth-order valence-electron chi connectivity index (χ4n) is 7.78. The zero-order valence-electron chi connectivity index (χ0n) is 22.0. The number of carboxylic acids is 1. The van der Waals surface area contributed by atoms with Crippen molar-refractivity contribution in [1.82, 2.24) is 14.7 Å². The third-order valence-electron chi connectivity index (χ3n) is 9.64. The number of hydrogen-bond donors (Lipinski definition) is 2. The molecule has 1 aliphatic carbocycles. The number of nitrogens with one attached hydrogen (secondary N) is 1. The summed E-state index contributed by atoms with van der Waals surface area (Å²) in [7, 11) is 0. The highest BCUT2D eigenvalue weighted by molar-refractivity contribution is 6.31. The van der Waals surface area contributed by atoms with E-state index in [1.165, 1.54) is 6.07 Å². The van der Waals surface area contributed by atoms with Crippen molar-refractivity contribution < 1.29 is 19.1 Å². The molecule has 8 rings (SSSR count). The van der Waals surface area contributed by atoms with E-state index in [1.807, 2.05) is 16.8 Å². The summed E-state index contributed by atoms with van der Waals surface area (Å²) in [6, 6.07) is 13.3. The number of benzene rings is 3. The van der Waals surface area contributed by atoms with E-state index in [2.05, 4.69) is 10.2 Å². The SMILES string of the molecule is Cc1c(C(=O)O)ccc2c3n(nc12)[C@@H]1C(C3)N(CC2CC2)[C@@]2(C(=O)Nc3cc(Cl)ccc32)[C@H]1c1cccc(Cl)c1F. The second-order valence-corrected chi connectivity index (χ2v) is 12.6. The highest BCUT2D eigenvalue weighted by Crippen LogP contribution is 2.64. The monoisotopic (exact) mass is 590 g/mol. The number of carboxylic acid groups (broad SMARTS) is 1. The number of aryl methyl sites for hydroxylation is 1. The minimum Gasteiger partial charge on any atom is -0.478 e. The van der Waals surface area contributed by atoms with Crippen LogP contribution in [0.3, 0.4) is 0 Å². The van der Waals surface area contributed by atoms with E-state index in [-0.39, 0.29) is 22.5 Å². The van der Waals surface area contributed by atoms with E-state index in [4.69, 9.17) is 28.3 Å². The first kappa shape index (κ1) is 25.3. The summed E-state index contributed by atoms with van der Waals surface area (Å²) in [5.41, 5.74) is 2.91. The maximum atomic E-state index is 16.1. The molecule has 4 atom stereocenters. The Bertz CT molecular complexity index is 1840. The number of fused-ring (bicyclic) bond motifs is 7. The lowest BCUT2D eigenvalue weighted by atomic mass is 9.73. The van der Waals surface area contributed by atoms with Gasteiger partial charge in [-0.2, -0.15) is 5.10 Å². The molecule has 4 aromatic rings. The van der Waals surface area contributed by atoms with Crippen molar-refractivity contribution in [3.63, 3.8) is 0 Å². The Morgan fingerprint density at radius 2 is 2.00 bits per heavy atom. The minimum absolute atomic E-state index is 0.00429. The number of carbonyl (C=O) groups is 2. The molecular weight excluding hydrogens is 566 g/mol. The van der Waals surface area contributed by atoms with Gasteiger partial charge in [-0.25, -0.2) is 9.18 Å². The topological polar surface area (TPSA) is 87.5 Å². The Labute approximate surface area is 244 Å². The Hall–Kier alpha value is -3.46. The summed E-state index contributed by atoms with van der Waals surface area (Å²) < 4.78 is 18.0. The van der Waals surface area contributed by atoms with Crippen LogP contribution >= 0.6 is 23.2 Å². The average molecular weight is 591 g/mol. The van der Waals surface area contributed by atoms with Crippen LogP contribution in [-0.4, -0.2) is 44.3 Å². The Balaban J connectivity index is 1.43. The Morgan fingerprint density at radius 1 is 1.20 bits per heavy atom. The van der Waals surface area contributed by atoms with Gasteiger partial charge in [-0.1, -0.05) is 47.5 Å². The van der Waals surface area contributed by atoms with Gasteiger partial charge in [-0.05, 0) is 61.1 Å². The molecule has 1 amide bonds. The molecule has 0 radical (unpaired) electrons. The first-order valence-corrected chi connectivity index (χ1v) is 14.5. The summed E-state index contributed by atoms with van der Waals surface area (Å²) in [5.74, 6) is -1.98. The largest absolute Gasteiger partial charge is 0.478 e. The molecule has 1 saturated heterocycles. The molecule has 3 aliphatic heterocycles. The van der Waals surface area contributed by atoms with Crippen molar-refractivity contribution in [2.24, 2.45) is 5.92 Å². The number of likely N-dealkylation sites (tertiary alicyclic amines) is 1. The second kappa shape index (κ2) is 8.53. The third-order valence-corrected chi connectivity index (χ3v) is 10.2. The molecular formula is C31H25Cl2FN4O3. The quantitative estimate of drug-likeness (QED) is 0.291. The molecule has 4 heterocycles. The lowest BCUT2D eigenvalue weighted by Crippen LogP contribution is -2.53. The number of aromatic carboxylic acids is 1. The molecule has 1 unspecified atom stereocenters. The van der Waals surface area contributed by atoms with Crippen molar-refractivity contribution in [3.8, 4) is 0 Å². The molecule has 3 aromatic carbocycles. The standard InChI is InChI=1S/C31H25Cl2FN4O3/c1-14-17(29(39)40)8-9-18-23-12-24-28(38(23)36-27(14)18)25(19-3-2-4-21(33)26(19)34)31(37(24)13-15-5-6-15)20-10-7-16(32)11-22(20)35-30(31)41/h2-4,7-11,15,24-25,28H,5-6,12-13H2,1H3,(H,35,41)(H,39,40)/t24?,25-,28+,31+/m0/s1. The Morgan fingerprint density at radius 3 is 2.76 bits per heavy atom. The van der Waals surface area contributed by atoms with E-state index in [9.17, 15) is 14.7 Å². The maximum Gasteiger partial charge on any atom is 0.336 e. The molecule has 4 aliphatic rings. The molecule has 1 saturated carbocycles. The van der Waals surface area contributed by atoms with Crippen LogP contribution in [0.4, 0.5) is 10.1 Å². The van der Waals surface area contributed by atoms with Gasteiger partial charge in [-0.3, -0.25) is 14.4 Å². The number of rotatable bonds is 4. The van der Waals surface area contributed by atoms with Gasteiger partial charge in [0.1, 0.15) is 11.4 Å². The highest BCUT2D eigenvalue weighted by Gasteiger charge is 2.69. The van der Waals surface area contributed by atoms with E-state index in [0.29, 0.717) is 46.2 Å². The number of halogens is 3. The first-order valence-electron chi connectivity index (χ1n) is 13.8. The maximum absolute atomic E-state index is 16.1. The summed E-state index contributed by atoms with van der Waals surface area (Å²) in [6.45, 7) is 2.46. The minimum atomic E-state index is -1.21. The van der Waals surface area contributed by atoms with Gasteiger partial charge < -0.3 is 10.4 Å². The number of amides is 1.